The summed E-state index contributed by atoms with van der Waals surface area (Å²) in [7, 11) is 0. The third kappa shape index (κ3) is 3.28. The lowest BCUT2D eigenvalue weighted by molar-refractivity contribution is -0.385. The van der Waals surface area contributed by atoms with Crippen LogP contribution in [0.3, 0.4) is 0 Å². The first-order valence-corrected chi connectivity index (χ1v) is 6.92. The van der Waals surface area contributed by atoms with Crippen molar-refractivity contribution in [2.75, 3.05) is 0 Å². The summed E-state index contributed by atoms with van der Waals surface area (Å²) in [4.78, 5) is 22.3. The average Bonchev–Trinajstić information content (AvgIpc) is 2.42. The summed E-state index contributed by atoms with van der Waals surface area (Å²) in [5.74, 6) is 0.262. The Kier molecular flexibility index (Phi) is 4.37. The first-order chi connectivity index (χ1) is 9.90. The second-order valence-corrected chi connectivity index (χ2v) is 5.39. The molecule has 0 spiro atoms. The number of nitro benzene ring substituents is 1. The largest absolute Gasteiger partial charge is 0.449 e. The normalized spacial score (nSPS) is 10.2. The Morgan fingerprint density at radius 3 is 2.62 bits per heavy atom. The molecule has 0 aromatic heterocycles. The van der Waals surface area contributed by atoms with Crippen LogP contribution < -0.4 is 4.74 Å². The van der Waals surface area contributed by atoms with Crippen LogP contribution in [0.4, 0.5) is 5.69 Å². The van der Waals surface area contributed by atoms with Gasteiger partial charge in [0.15, 0.2) is 5.78 Å². The van der Waals surface area contributed by atoms with Crippen LogP contribution in [0.2, 0.25) is 0 Å². The minimum atomic E-state index is -0.505. The van der Waals surface area contributed by atoms with E-state index in [1.54, 1.807) is 37.3 Å². The van der Waals surface area contributed by atoms with Gasteiger partial charge >= 0.3 is 5.69 Å². The zero-order chi connectivity index (χ0) is 15.6. The molecule has 21 heavy (non-hydrogen) atoms. The van der Waals surface area contributed by atoms with E-state index in [2.05, 4.69) is 15.9 Å². The Bertz CT molecular complexity index is 728. The van der Waals surface area contributed by atoms with Crippen molar-refractivity contribution in [3.05, 3.63) is 62.1 Å². The molecule has 0 aliphatic carbocycles. The molecule has 0 aliphatic heterocycles. The number of carbonyl (C=O) groups is 1. The topological polar surface area (TPSA) is 69.4 Å². The minimum Gasteiger partial charge on any atom is -0.449 e. The monoisotopic (exact) mass is 349 g/mol. The number of halogens is 1. The molecule has 108 valence electrons. The molecule has 0 unspecified atom stereocenters. The number of ether oxygens (including phenoxy) is 1. The van der Waals surface area contributed by atoms with Gasteiger partial charge in [0.2, 0.25) is 5.75 Å². The second kappa shape index (κ2) is 6.05. The van der Waals surface area contributed by atoms with Gasteiger partial charge in [-0.25, -0.2) is 0 Å². The molecule has 0 fully saturated rings. The Balaban J connectivity index is 2.53. The molecule has 6 heteroatoms. The molecule has 0 heterocycles. The molecule has 0 amide bonds. The minimum absolute atomic E-state index is 0.132. The molecule has 0 saturated heterocycles. The molecule has 5 nitrogen and oxygen atoms in total. The van der Waals surface area contributed by atoms with Gasteiger partial charge in [0.25, 0.3) is 0 Å². The summed E-state index contributed by atoms with van der Waals surface area (Å²) in [6.07, 6.45) is 0. The number of aryl methyl sites for hydroxylation is 1. The summed E-state index contributed by atoms with van der Waals surface area (Å²) in [5.41, 5.74) is 0.857. The maximum atomic E-state index is 11.7. The van der Waals surface area contributed by atoms with E-state index >= 15 is 0 Å². The second-order valence-electron chi connectivity index (χ2n) is 4.48. The lowest BCUT2D eigenvalue weighted by Gasteiger charge is -2.12. The first kappa shape index (κ1) is 15.2. The van der Waals surface area contributed by atoms with Crippen LogP contribution in [-0.2, 0) is 0 Å². The van der Waals surface area contributed by atoms with Crippen molar-refractivity contribution in [1.29, 1.82) is 0 Å². The number of hydrogen-bond acceptors (Lipinski definition) is 4. The van der Waals surface area contributed by atoms with Crippen LogP contribution in [-0.4, -0.2) is 10.7 Å². The molecule has 2 aromatic rings. The smallest absolute Gasteiger partial charge is 0.311 e. The van der Waals surface area contributed by atoms with Crippen LogP contribution in [0.25, 0.3) is 0 Å². The van der Waals surface area contributed by atoms with Crippen LogP contribution in [0.5, 0.6) is 11.5 Å². The fraction of sp³-hybridized carbons (Fsp3) is 0.133. The highest BCUT2D eigenvalue weighted by Crippen LogP contribution is 2.36. The number of nitrogens with zero attached hydrogens (tertiary/aromatic N) is 1. The Morgan fingerprint density at radius 1 is 1.29 bits per heavy atom. The van der Waals surface area contributed by atoms with Crippen LogP contribution in [0.1, 0.15) is 22.8 Å². The molecule has 2 aromatic carbocycles. The van der Waals surface area contributed by atoms with E-state index in [4.69, 9.17) is 4.74 Å². The molecule has 0 aliphatic rings. The van der Waals surface area contributed by atoms with E-state index < -0.39 is 4.92 Å². The summed E-state index contributed by atoms with van der Waals surface area (Å²) in [6, 6.07) is 9.63. The Labute approximate surface area is 129 Å². The molecule has 0 bridgehead atoms. The van der Waals surface area contributed by atoms with E-state index in [1.807, 2.05) is 0 Å². The van der Waals surface area contributed by atoms with Crippen molar-refractivity contribution in [3.63, 3.8) is 0 Å². The molecule has 0 atom stereocenters. The van der Waals surface area contributed by atoms with Crippen molar-refractivity contribution in [3.8, 4) is 11.5 Å². The van der Waals surface area contributed by atoms with Crippen LogP contribution in [0, 0.1) is 17.0 Å². The van der Waals surface area contributed by atoms with Gasteiger partial charge in [-0.3, -0.25) is 14.9 Å². The van der Waals surface area contributed by atoms with Gasteiger partial charge in [-0.2, -0.15) is 0 Å². The number of carbonyl (C=O) groups excluding carboxylic acids is 1. The summed E-state index contributed by atoms with van der Waals surface area (Å²) < 4.78 is 6.40. The zero-order valence-electron chi connectivity index (χ0n) is 11.4. The Morgan fingerprint density at radius 2 is 2.00 bits per heavy atom. The highest BCUT2D eigenvalue weighted by Gasteiger charge is 2.20. The predicted molar refractivity (Wildman–Crippen MR) is 82.1 cm³/mol. The van der Waals surface area contributed by atoms with Gasteiger partial charge in [-0.05, 0) is 37.6 Å². The average molecular weight is 350 g/mol. The maximum Gasteiger partial charge on any atom is 0.311 e. The lowest BCUT2D eigenvalue weighted by Crippen LogP contribution is -2.00. The fourth-order valence-electron chi connectivity index (χ4n) is 1.89. The molecule has 0 radical (unpaired) electrons. The number of benzene rings is 2. The Hall–Kier alpha value is -2.21. The lowest BCUT2D eigenvalue weighted by atomic mass is 10.1. The highest BCUT2D eigenvalue weighted by molar-refractivity contribution is 9.10. The fourth-order valence-corrected chi connectivity index (χ4v) is 2.25. The number of hydrogen-bond donors (Lipinski definition) is 0. The van der Waals surface area contributed by atoms with E-state index in [1.165, 1.54) is 13.0 Å². The zero-order valence-corrected chi connectivity index (χ0v) is 13.0. The van der Waals surface area contributed by atoms with Crippen molar-refractivity contribution < 1.29 is 14.5 Å². The maximum absolute atomic E-state index is 11.7. The SMILES string of the molecule is CC(=O)c1cc(Br)ccc1Oc1c(C)cccc1[N+](=O)[O-]. The summed E-state index contributed by atoms with van der Waals surface area (Å²) in [6.45, 7) is 3.13. The van der Waals surface area contributed by atoms with E-state index in [0.717, 1.165) is 4.47 Å². The number of para-hydroxylation sites is 1. The molecular formula is C15H12BrNO4. The molecular weight excluding hydrogens is 338 g/mol. The van der Waals surface area contributed by atoms with Gasteiger partial charge in [0.1, 0.15) is 5.75 Å². The van der Waals surface area contributed by atoms with E-state index in [9.17, 15) is 14.9 Å². The summed E-state index contributed by atoms with van der Waals surface area (Å²) in [5, 5.41) is 11.1. The number of rotatable bonds is 4. The molecule has 0 saturated carbocycles. The van der Waals surface area contributed by atoms with E-state index in [0.29, 0.717) is 16.9 Å². The molecule has 0 N–H and O–H groups in total. The summed E-state index contributed by atoms with van der Waals surface area (Å²) >= 11 is 3.29. The third-order valence-corrected chi connectivity index (χ3v) is 3.41. The number of nitro groups is 1. The van der Waals surface area contributed by atoms with Gasteiger partial charge in [0, 0.05) is 10.5 Å². The quantitative estimate of drug-likeness (QED) is 0.457. The van der Waals surface area contributed by atoms with Gasteiger partial charge in [0.05, 0.1) is 10.5 Å². The standard InChI is InChI=1S/C15H12BrNO4/c1-9-4-3-5-13(17(19)20)15(9)21-14-7-6-11(16)8-12(14)10(2)18/h3-8H,1-2H3. The van der Waals surface area contributed by atoms with Gasteiger partial charge in [-0.1, -0.05) is 28.1 Å². The third-order valence-electron chi connectivity index (χ3n) is 2.92. The molecule has 2 rings (SSSR count). The highest BCUT2D eigenvalue weighted by atomic mass is 79.9. The van der Waals surface area contributed by atoms with Gasteiger partial charge < -0.3 is 4.74 Å². The van der Waals surface area contributed by atoms with Crippen molar-refractivity contribution >= 4 is 27.4 Å². The van der Waals surface area contributed by atoms with Crippen LogP contribution in [0.15, 0.2) is 40.9 Å². The number of Topliss-reactive ketones (excluding diaryl/α,β-unsaturated/α-hetero) is 1. The van der Waals surface area contributed by atoms with Crippen LogP contribution >= 0.6 is 15.9 Å². The van der Waals surface area contributed by atoms with Crippen molar-refractivity contribution in [2.24, 2.45) is 0 Å². The van der Waals surface area contributed by atoms with Crippen molar-refractivity contribution in [2.45, 2.75) is 13.8 Å². The first-order valence-electron chi connectivity index (χ1n) is 6.12. The van der Waals surface area contributed by atoms with Gasteiger partial charge in [-0.15, -0.1) is 0 Å². The number of ketones is 1. The van der Waals surface area contributed by atoms with Crippen molar-refractivity contribution in [1.82, 2.24) is 0 Å². The predicted octanol–water partition coefficient (Wildman–Crippen LogP) is 4.66. The van der Waals surface area contributed by atoms with E-state index in [-0.39, 0.29) is 17.2 Å².